The maximum Gasteiger partial charge on any atom is 0.306 e. The van der Waals surface area contributed by atoms with Crippen molar-refractivity contribution in [3.63, 3.8) is 0 Å². The number of ether oxygens (including phenoxy) is 6. The number of methoxy groups -OCH3 is 2. The first-order chi connectivity index (χ1) is 31.5. The number of likely N-dealkylation sites (tertiary alicyclic amines) is 1. The third kappa shape index (κ3) is 13.5. The molecule has 5 rings (SSSR count). The maximum atomic E-state index is 15.8. The summed E-state index contributed by atoms with van der Waals surface area (Å²) >= 11 is 1.00. The number of aliphatic carboxylic acids is 1. The van der Waals surface area contributed by atoms with Crippen molar-refractivity contribution in [3.8, 4) is 23.0 Å². The predicted molar refractivity (Wildman–Crippen MR) is 225 cm³/mol. The van der Waals surface area contributed by atoms with Crippen molar-refractivity contribution in [2.24, 2.45) is 0 Å². The third-order valence-corrected chi connectivity index (χ3v) is 11.1. The van der Waals surface area contributed by atoms with Crippen molar-refractivity contribution in [2.45, 2.75) is 77.5 Å². The number of Topliss-reactive ketones (excluding diaryl/α,β-unsaturated/α-hetero) is 1. The molecule has 3 aromatic rings. The number of benzene rings is 2. The number of amides is 5. The van der Waals surface area contributed by atoms with Crippen molar-refractivity contribution in [1.82, 2.24) is 20.4 Å². The molecule has 2 aliphatic rings. The number of thiophene rings is 1. The molecule has 65 heavy (non-hydrogen) atoms. The first-order valence-electron chi connectivity index (χ1n) is 21.1. The molecule has 19 nitrogen and oxygen atoms in total. The predicted octanol–water partition coefficient (Wildman–Crippen LogP) is 3.43. The molecule has 352 valence electrons. The molecule has 3 N–H and O–H groups in total. The van der Waals surface area contributed by atoms with Crippen molar-refractivity contribution in [2.75, 3.05) is 60.3 Å². The van der Waals surface area contributed by atoms with E-state index >= 15 is 8.78 Å². The van der Waals surface area contributed by atoms with Crippen LogP contribution in [0.5, 0.6) is 23.0 Å². The molecule has 0 spiro atoms. The van der Waals surface area contributed by atoms with Crippen LogP contribution in [-0.2, 0) is 56.1 Å². The summed E-state index contributed by atoms with van der Waals surface area (Å²) in [5.74, 6) is -6.65. The fourth-order valence-electron chi connectivity index (χ4n) is 6.65. The normalized spacial score (nSPS) is 15.0. The topological polar surface area (TPSA) is 243 Å². The fourth-order valence-corrected chi connectivity index (χ4v) is 7.70. The molecular formula is C43H50F2N4O15S. The number of fused-ring (bicyclic) bond motifs is 2. The van der Waals surface area contributed by atoms with E-state index in [0.717, 1.165) is 16.2 Å². The standard InChI is InChI=1S/C43H50F2N4O15S/c1-24(20-47-33(51)11-15-61-16-12-46-34(52)23-49-36(54)6-7-37(49)55)64-39(58)10-5-28(50)32-18-26-31(65-32)19-30(60-3)43(40(26)44)63-14-4-13-62-42-29(59-2)17-25-21-48(22-27(25)41(42)45)35(53)8-9-38(56)57/h17-19,24H,4-16,20-23H2,1-3H3,(H,46,52)(H,47,51)(H,56,57)/t24-/m0/s1/i6T/t6?,24-. The summed E-state index contributed by atoms with van der Waals surface area (Å²) in [7, 11) is 2.66. The lowest BCUT2D eigenvalue weighted by atomic mass is 10.1. The van der Waals surface area contributed by atoms with E-state index < -0.39 is 77.9 Å². The lowest BCUT2D eigenvalue weighted by Crippen LogP contribution is -2.41. The number of nitrogens with one attached hydrogen (secondary N) is 2. The molecule has 3 heterocycles. The molecule has 0 saturated carbocycles. The maximum absolute atomic E-state index is 15.8. The molecule has 1 fully saturated rings. The van der Waals surface area contributed by atoms with Crippen LogP contribution in [0.15, 0.2) is 18.2 Å². The summed E-state index contributed by atoms with van der Waals surface area (Å²) in [5, 5.41) is 14.1. The minimum absolute atomic E-state index is 0.0125. The van der Waals surface area contributed by atoms with Crippen molar-refractivity contribution in [3.05, 3.63) is 45.8 Å². The van der Waals surface area contributed by atoms with Gasteiger partial charge in [0.25, 0.3) is 0 Å². The van der Waals surface area contributed by atoms with E-state index in [1.807, 2.05) is 0 Å². The monoisotopic (exact) mass is 934 g/mol. The summed E-state index contributed by atoms with van der Waals surface area (Å²) in [4.78, 5) is 98.8. The zero-order valence-electron chi connectivity index (χ0n) is 36.9. The van der Waals surface area contributed by atoms with Crippen molar-refractivity contribution < 1.29 is 82.0 Å². The van der Waals surface area contributed by atoms with Gasteiger partial charge in [-0.25, -0.2) is 8.78 Å². The van der Waals surface area contributed by atoms with Crippen LogP contribution in [0.1, 0.15) is 80.4 Å². The zero-order valence-corrected chi connectivity index (χ0v) is 36.7. The highest BCUT2D eigenvalue weighted by atomic mass is 32.1. The summed E-state index contributed by atoms with van der Waals surface area (Å²) in [5.41, 5.74) is 0.742. The van der Waals surface area contributed by atoms with Crippen LogP contribution in [0, 0.1) is 11.6 Å². The Labute approximate surface area is 377 Å². The van der Waals surface area contributed by atoms with Crippen molar-refractivity contribution >= 4 is 68.7 Å². The van der Waals surface area contributed by atoms with Crippen LogP contribution >= 0.6 is 11.3 Å². The Balaban J connectivity index is 1.00. The Morgan fingerprint density at radius 2 is 1.55 bits per heavy atom. The van der Waals surface area contributed by atoms with Crippen LogP contribution in [0.4, 0.5) is 8.78 Å². The highest BCUT2D eigenvalue weighted by molar-refractivity contribution is 7.20. The van der Waals surface area contributed by atoms with E-state index in [9.17, 15) is 38.4 Å². The van der Waals surface area contributed by atoms with E-state index in [1.165, 1.54) is 31.3 Å². The number of rotatable bonds is 26. The second-order valence-electron chi connectivity index (χ2n) is 14.8. The van der Waals surface area contributed by atoms with E-state index in [4.69, 9.17) is 34.9 Å². The molecule has 0 bridgehead atoms. The molecular weight excluding hydrogens is 883 g/mol. The Morgan fingerprint density at radius 3 is 2.23 bits per heavy atom. The second-order valence-corrected chi connectivity index (χ2v) is 15.8. The van der Waals surface area contributed by atoms with Gasteiger partial charge in [0, 0.05) is 81.2 Å². The summed E-state index contributed by atoms with van der Waals surface area (Å²) in [6.45, 7) is 1.10. The average molecular weight is 935 g/mol. The second kappa shape index (κ2) is 23.5. The lowest BCUT2D eigenvalue weighted by Gasteiger charge is -2.15. The number of halogens is 2. The van der Waals surface area contributed by atoms with Gasteiger partial charge in [0.1, 0.15) is 12.6 Å². The van der Waals surface area contributed by atoms with Gasteiger partial charge in [-0.15, -0.1) is 11.3 Å². The number of hydrogen-bond donors (Lipinski definition) is 3. The Morgan fingerprint density at radius 1 is 0.846 bits per heavy atom. The lowest BCUT2D eigenvalue weighted by molar-refractivity contribution is -0.148. The van der Waals surface area contributed by atoms with Gasteiger partial charge in [0.05, 0.1) is 64.9 Å². The number of nitrogens with zero attached hydrogens (tertiary/aromatic N) is 2. The van der Waals surface area contributed by atoms with Gasteiger partial charge < -0.3 is 49.1 Å². The quantitative estimate of drug-likeness (QED) is 0.0452. The van der Waals surface area contributed by atoms with Gasteiger partial charge in [-0.3, -0.25) is 43.3 Å². The van der Waals surface area contributed by atoms with Gasteiger partial charge in [0.2, 0.25) is 29.5 Å². The Hall–Kier alpha value is -6.42. The molecule has 1 aromatic heterocycles. The van der Waals surface area contributed by atoms with Crippen LogP contribution < -0.4 is 29.6 Å². The Bertz CT molecular complexity index is 2350. The van der Waals surface area contributed by atoms with Gasteiger partial charge in [-0.05, 0) is 24.6 Å². The number of carboxylic acids is 1. The third-order valence-electron chi connectivity index (χ3n) is 10.0. The molecule has 1 unspecified atom stereocenters. The number of esters is 1. The first kappa shape index (κ1) is 48.0. The van der Waals surface area contributed by atoms with Gasteiger partial charge in [-0.1, -0.05) is 0 Å². The van der Waals surface area contributed by atoms with E-state index in [2.05, 4.69) is 10.6 Å². The largest absolute Gasteiger partial charge is 0.493 e. The van der Waals surface area contributed by atoms with Crippen LogP contribution in [0.2, 0.25) is 0 Å². The minimum Gasteiger partial charge on any atom is -0.493 e. The fraction of sp³-hybridized carbons (Fsp3) is 0.488. The number of imide groups is 1. The summed E-state index contributed by atoms with van der Waals surface area (Å²) in [6.07, 6.45) is -3.10. The Kier molecular flexibility index (Phi) is 17.4. The molecule has 0 radical (unpaired) electrons. The molecule has 0 aliphatic carbocycles. The number of carbonyl (C=O) groups excluding carboxylic acids is 7. The van der Waals surface area contributed by atoms with E-state index in [1.54, 1.807) is 13.0 Å². The highest BCUT2D eigenvalue weighted by Gasteiger charge is 2.32. The number of hydrogen-bond acceptors (Lipinski definition) is 15. The smallest absolute Gasteiger partial charge is 0.306 e. The van der Waals surface area contributed by atoms with Gasteiger partial charge in [0.15, 0.2) is 40.4 Å². The zero-order chi connectivity index (χ0) is 48.1. The number of ketones is 1. The highest BCUT2D eigenvalue weighted by Crippen LogP contribution is 2.41. The van der Waals surface area contributed by atoms with Crippen molar-refractivity contribution in [1.29, 1.82) is 0 Å². The molecule has 5 amide bonds. The molecule has 2 atom stereocenters. The van der Waals surface area contributed by atoms with E-state index in [0.29, 0.717) is 10.3 Å². The molecule has 22 heteroatoms. The molecule has 2 aliphatic heterocycles. The minimum atomic E-state index is -1.19. The molecule has 2 aromatic carbocycles. The number of carboxylic acid groups (broad SMARTS) is 1. The van der Waals surface area contributed by atoms with Gasteiger partial charge >= 0.3 is 11.9 Å². The SMILES string of the molecule is [3H]C1CC(=O)N(CC(=O)NCCOCCC(=O)NC[C@H](C)OC(=O)CCC(=O)c2cc3c(F)c(OCCCOc4c(OC)cc5c(c4F)CN(C(=O)CCC(=O)O)C5)c(OC)cc3s2)C1=O. The summed E-state index contributed by atoms with van der Waals surface area (Å²) in [6, 6.07) is 4.44. The first-order valence-corrected chi connectivity index (χ1v) is 21.4. The van der Waals surface area contributed by atoms with Crippen LogP contribution in [0.3, 0.4) is 0 Å². The van der Waals surface area contributed by atoms with E-state index in [-0.39, 0.29) is 136 Å². The molecule has 1 saturated heterocycles. The van der Waals surface area contributed by atoms with Crippen LogP contribution in [-0.4, -0.2) is 129 Å². The average Bonchev–Trinajstić information content (AvgIpc) is 3.99. The van der Waals surface area contributed by atoms with Crippen LogP contribution in [0.25, 0.3) is 10.1 Å². The number of carbonyl (C=O) groups is 8. The van der Waals surface area contributed by atoms with Gasteiger partial charge in [-0.2, -0.15) is 0 Å². The summed E-state index contributed by atoms with van der Waals surface area (Å²) < 4.78 is 72.1.